The summed E-state index contributed by atoms with van der Waals surface area (Å²) in [5, 5.41) is 12.3. The van der Waals surface area contributed by atoms with Crippen LogP contribution in [0.3, 0.4) is 0 Å². The number of rotatable bonds is 3. The second-order valence-corrected chi connectivity index (χ2v) is 6.83. The van der Waals surface area contributed by atoms with E-state index in [-0.39, 0.29) is 6.09 Å². The van der Waals surface area contributed by atoms with Crippen molar-refractivity contribution in [2.45, 2.75) is 39.2 Å². The summed E-state index contributed by atoms with van der Waals surface area (Å²) < 4.78 is 5.44. The molecule has 0 radical (unpaired) electrons. The lowest BCUT2D eigenvalue weighted by atomic mass is 9.98. The first-order chi connectivity index (χ1) is 10.9. The van der Waals surface area contributed by atoms with Gasteiger partial charge in [-0.2, -0.15) is 5.26 Å². The Labute approximate surface area is 137 Å². The van der Waals surface area contributed by atoms with Crippen molar-refractivity contribution >= 4 is 11.9 Å². The molecule has 1 amide bonds. The SMILES string of the molecule is CC(C)(C)OC(=O)N1CCCC(CNc2ncccc2C#N)C1. The summed E-state index contributed by atoms with van der Waals surface area (Å²) in [4.78, 5) is 18.1. The quantitative estimate of drug-likeness (QED) is 0.927. The highest BCUT2D eigenvalue weighted by atomic mass is 16.6. The molecular formula is C17H24N4O2. The van der Waals surface area contributed by atoms with E-state index in [4.69, 9.17) is 10.00 Å². The zero-order chi connectivity index (χ0) is 16.9. The smallest absolute Gasteiger partial charge is 0.410 e. The first-order valence-corrected chi connectivity index (χ1v) is 7.96. The fraction of sp³-hybridized carbons (Fsp3) is 0.588. The number of carbonyl (C=O) groups excluding carboxylic acids is 1. The average molecular weight is 316 g/mol. The maximum Gasteiger partial charge on any atom is 0.410 e. The predicted molar refractivity (Wildman–Crippen MR) is 88.0 cm³/mol. The van der Waals surface area contributed by atoms with Crippen LogP contribution in [-0.4, -0.2) is 41.2 Å². The Hall–Kier alpha value is -2.29. The molecule has 1 N–H and O–H groups in total. The van der Waals surface area contributed by atoms with Crippen LogP contribution in [0, 0.1) is 17.2 Å². The summed E-state index contributed by atoms with van der Waals surface area (Å²) in [6, 6.07) is 5.61. The molecule has 2 rings (SSSR count). The van der Waals surface area contributed by atoms with Gasteiger partial charge in [-0.15, -0.1) is 0 Å². The normalized spacial score (nSPS) is 18.2. The Bertz CT molecular complexity index is 589. The number of amides is 1. The van der Waals surface area contributed by atoms with Crippen molar-refractivity contribution in [1.82, 2.24) is 9.88 Å². The van der Waals surface area contributed by atoms with E-state index in [0.717, 1.165) is 19.4 Å². The minimum Gasteiger partial charge on any atom is -0.444 e. The van der Waals surface area contributed by atoms with Crippen LogP contribution in [0.2, 0.25) is 0 Å². The molecule has 0 spiro atoms. The summed E-state index contributed by atoms with van der Waals surface area (Å²) in [6.07, 6.45) is 3.41. The van der Waals surface area contributed by atoms with Crippen LogP contribution < -0.4 is 5.32 Å². The number of hydrogen-bond acceptors (Lipinski definition) is 5. The lowest BCUT2D eigenvalue weighted by Crippen LogP contribution is -2.44. The number of likely N-dealkylation sites (tertiary alicyclic amines) is 1. The van der Waals surface area contributed by atoms with E-state index in [1.807, 2.05) is 20.8 Å². The van der Waals surface area contributed by atoms with Gasteiger partial charge in [-0.05, 0) is 51.7 Å². The van der Waals surface area contributed by atoms with Gasteiger partial charge in [0.2, 0.25) is 0 Å². The van der Waals surface area contributed by atoms with Gasteiger partial charge >= 0.3 is 6.09 Å². The Balaban J connectivity index is 1.89. The maximum atomic E-state index is 12.2. The number of piperidine rings is 1. The van der Waals surface area contributed by atoms with Crippen LogP contribution in [0.4, 0.5) is 10.6 Å². The monoisotopic (exact) mass is 316 g/mol. The summed E-state index contributed by atoms with van der Waals surface area (Å²) in [5.41, 5.74) is 0.0603. The third kappa shape index (κ3) is 5.13. The van der Waals surface area contributed by atoms with Gasteiger partial charge in [-0.3, -0.25) is 0 Å². The standard InChI is InChI=1S/C17H24N4O2/c1-17(2,3)23-16(22)21-9-5-6-13(12-21)11-20-15-14(10-18)7-4-8-19-15/h4,7-8,13H,5-6,9,11-12H2,1-3H3,(H,19,20). The van der Waals surface area contributed by atoms with Gasteiger partial charge in [0.05, 0.1) is 5.56 Å². The number of hydrogen-bond donors (Lipinski definition) is 1. The summed E-state index contributed by atoms with van der Waals surface area (Å²) in [5.74, 6) is 0.925. The number of carbonyl (C=O) groups is 1. The summed E-state index contributed by atoms with van der Waals surface area (Å²) in [7, 11) is 0. The third-order valence-electron chi connectivity index (χ3n) is 3.66. The van der Waals surface area contributed by atoms with Crippen LogP contribution in [0.1, 0.15) is 39.2 Å². The van der Waals surface area contributed by atoms with Crippen LogP contribution >= 0.6 is 0 Å². The minimum absolute atomic E-state index is 0.252. The molecule has 0 aromatic carbocycles. The topological polar surface area (TPSA) is 78.2 Å². The molecule has 6 nitrogen and oxygen atoms in total. The van der Waals surface area contributed by atoms with Gasteiger partial charge in [-0.25, -0.2) is 9.78 Å². The van der Waals surface area contributed by atoms with Crippen molar-refractivity contribution < 1.29 is 9.53 Å². The minimum atomic E-state index is -0.474. The van der Waals surface area contributed by atoms with Gasteiger partial charge in [-0.1, -0.05) is 0 Å². The van der Waals surface area contributed by atoms with Crippen molar-refractivity contribution in [1.29, 1.82) is 5.26 Å². The first kappa shape index (κ1) is 17.1. The van der Waals surface area contributed by atoms with E-state index in [2.05, 4.69) is 16.4 Å². The molecule has 1 atom stereocenters. The number of nitriles is 1. The lowest BCUT2D eigenvalue weighted by Gasteiger charge is -2.34. The molecule has 1 aliphatic rings. The molecule has 0 aliphatic carbocycles. The number of ether oxygens (including phenoxy) is 1. The van der Waals surface area contributed by atoms with E-state index < -0.39 is 5.60 Å². The molecule has 1 aromatic heterocycles. The number of pyridine rings is 1. The van der Waals surface area contributed by atoms with E-state index in [0.29, 0.717) is 30.4 Å². The lowest BCUT2D eigenvalue weighted by molar-refractivity contribution is 0.0172. The van der Waals surface area contributed by atoms with E-state index >= 15 is 0 Å². The Morgan fingerprint density at radius 2 is 2.35 bits per heavy atom. The zero-order valence-corrected chi connectivity index (χ0v) is 14.0. The van der Waals surface area contributed by atoms with Crippen LogP contribution in [0.25, 0.3) is 0 Å². The number of nitrogens with one attached hydrogen (secondary N) is 1. The second-order valence-electron chi connectivity index (χ2n) is 6.83. The molecule has 1 fully saturated rings. The highest BCUT2D eigenvalue weighted by Crippen LogP contribution is 2.20. The fourth-order valence-electron chi connectivity index (χ4n) is 2.60. The third-order valence-corrected chi connectivity index (χ3v) is 3.66. The zero-order valence-electron chi connectivity index (χ0n) is 14.0. The maximum absolute atomic E-state index is 12.2. The molecule has 0 saturated carbocycles. The van der Waals surface area contributed by atoms with Gasteiger partial charge in [0, 0.05) is 25.8 Å². The van der Waals surface area contributed by atoms with E-state index in [1.165, 1.54) is 0 Å². The molecule has 2 heterocycles. The second kappa shape index (κ2) is 7.32. The molecule has 1 saturated heterocycles. The van der Waals surface area contributed by atoms with Crippen LogP contribution in [-0.2, 0) is 4.74 Å². The molecule has 0 bridgehead atoms. The molecular weight excluding hydrogens is 292 g/mol. The molecule has 1 aliphatic heterocycles. The molecule has 124 valence electrons. The highest BCUT2D eigenvalue weighted by molar-refractivity contribution is 5.68. The summed E-state index contributed by atoms with van der Waals surface area (Å²) in [6.45, 7) is 7.70. The van der Waals surface area contributed by atoms with Crippen LogP contribution in [0.15, 0.2) is 18.3 Å². The van der Waals surface area contributed by atoms with Gasteiger partial charge in [0.1, 0.15) is 17.5 Å². The van der Waals surface area contributed by atoms with Crippen molar-refractivity contribution in [3.63, 3.8) is 0 Å². The van der Waals surface area contributed by atoms with Crippen molar-refractivity contribution in [3.05, 3.63) is 23.9 Å². The number of anilines is 1. The number of aromatic nitrogens is 1. The van der Waals surface area contributed by atoms with E-state index in [1.54, 1.807) is 23.2 Å². The first-order valence-electron chi connectivity index (χ1n) is 7.96. The van der Waals surface area contributed by atoms with Gasteiger partial charge < -0.3 is 15.0 Å². The van der Waals surface area contributed by atoms with Crippen molar-refractivity contribution in [3.8, 4) is 6.07 Å². The molecule has 1 aromatic rings. The van der Waals surface area contributed by atoms with Gasteiger partial charge in [0.15, 0.2) is 0 Å². The Morgan fingerprint density at radius 1 is 1.57 bits per heavy atom. The Morgan fingerprint density at radius 3 is 3.04 bits per heavy atom. The van der Waals surface area contributed by atoms with Crippen LogP contribution in [0.5, 0.6) is 0 Å². The highest BCUT2D eigenvalue weighted by Gasteiger charge is 2.27. The molecule has 1 unspecified atom stereocenters. The molecule has 23 heavy (non-hydrogen) atoms. The van der Waals surface area contributed by atoms with Crippen molar-refractivity contribution in [2.24, 2.45) is 5.92 Å². The predicted octanol–water partition coefficient (Wildman–Crippen LogP) is 3.01. The van der Waals surface area contributed by atoms with Gasteiger partial charge in [0.25, 0.3) is 0 Å². The fourth-order valence-corrected chi connectivity index (χ4v) is 2.60. The Kier molecular flexibility index (Phi) is 5.43. The number of nitrogens with zero attached hydrogens (tertiary/aromatic N) is 3. The summed E-state index contributed by atoms with van der Waals surface area (Å²) >= 11 is 0. The van der Waals surface area contributed by atoms with Crippen molar-refractivity contribution in [2.75, 3.05) is 25.0 Å². The largest absolute Gasteiger partial charge is 0.444 e. The molecule has 6 heteroatoms. The van der Waals surface area contributed by atoms with E-state index in [9.17, 15) is 4.79 Å². The average Bonchev–Trinajstić information content (AvgIpc) is 2.52.